The zero-order chi connectivity index (χ0) is 10.9. The summed E-state index contributed by atoms with van der Waals surface area (Å²) < 4.78 is 34.1. The van der Waals surface area contributed by atoms with Gasteiger partial charge in [-0.2, -0.15) is 0 Å². The number of carbonyl (C=O) groups excluding carboxylic acids is 1. The topological polar surface area (TPSA) is 120 Å². The van der Waals surface area contributed by atoms with Gasteiger partial charge in [-0.25, -0.2) is 0 Å². The summed E-state index contributed by atoms with van der Waals surface area (Å²) in [5.41, 5.74) is 0. The van der Waals surface area contributed by atoms with Crippen LogP contribution in [-0.2, 0) is 15.2 Å². The molecule has 15 heavy (non-hydrogen) atoms. The summed E-state index contributed by atoms with van der Waals surface area (Å²) >= 11 is 0. The second-order valence-corrected chi connectivity index (χ2v) is 2.43. The number of aliphatic carboxylic acids is 1. The Balaban J connectivity index is -0.0000000770. The smallest absolute Gasteiger partial charge is 0.759 e. The molecule has 0 aromatic carbocycles. The summed E-state index contributed by atoms with van der Waals surface area (Å²) in [6, 6.07) is 0. The second-order valence-electron chi connectivity index (χ2n) is 1.61. The molecule has 9 heteroatoms. The van der Waals surface area contributed by atoms with Gasteiger partial charge in [-0.05, 0) is 13.0 Å². The number of carbonyl (C=O) groups is 1. The monoisotopic (exact) mass is 286 g/mol. The van der Waals surface area contributed by atoms with Crippen molar-refractivity contribution in [2.24, 2.45) is 0 Å². The maximum atomic E-state index is 9.64. The quantitative estimate of drug-likeness (QED) is 0.165. The fourth-order valence-corrected chi connectivity index (χ4v) is 0.245. The van der Waals surface area contributed by atoms with E-state index in [0.29, 0.717) is 0 Å². The predicted molar refractivity (Wildman–Crippen MR) is 45.2 cm³/mol. The molecule has 0 rings (SSSR count). The summed E-state index contributed by atoms with van der Waals surface area (Å²) in [5.74, 6) is -1.16. The third-order valence-electron chi connectivity index (χ3n) is 0.536. The summed E-state index contributed by atoms with van der Waals surface area (Å²) in [6.45, 7) is 1.81. The number of rotatable bonds is 2. The molecule has 0 aliphatic rings. The fraction of sp³-hybridized carbons (Fsp3) is 0.167. The van der Waals surface area contributed by atoms with E-state index in [1.54, 1.807) is 19.1 Å². The third kappa shape index (κ3) is 65.5. The zero-order valence-electron chi connectivity index (χ0n) is 8.37. The molecule has 0 aliphatic carbocycles. The Morgan fingerprint density at radius 2 is 1.53 bits per heavy atom. The summed E-state index contributed by atoms with van der Waals surface area (Å²) in [6.07, 6.45) is 5.74. The van der Waals surface area contributed by atoms with E-state index >= 15 is 0 Å². The van der Waals surface area contributed by atoms with E-state index in [0.717, 1.165) is 6.08 Å². The van der Waals surface area contributed by atoms with Crippen LogP contribution in [0.2, 0.25) is 0 Å². The van der Waals surface area contributed by atoms with Crippen molar-refractivity contribution >= 4 is 54.1 Å². The first-order valence-electron chi connectivity index (χ1n) is 2.94. The van der Waals surface area contributed by atoms with Crippen LogP contribution < -0.4 is 56.5 Å². The molecule has 0 N–H and O–H groups in total. The second kappa shape index (κ2) is 15.7. The van der Waals surface area contributed by atoms with Gasteiger partial charge in [0.05, 0.1) is 5.97 Å². The molecule has 0 unspecified atom stereocenters. The van der Waals surface area contributed by atoms with Crippen molar-refractivity contribution in [3.8, 4) is 0 Å². The molecule has 6 nitrogen and oxygen atoms in total. The molecule has 0 saturated carbocycles. The molecule has 0 amide bonds. The Kier molecular flexibility index (Phi) is 26.8. The molecule has 0 aliphatic heterocycles. The maximum Gasteiger partial charge on any atom is 2.00 e. The molecule has 0 spiro atoms. The van der Waals surface area contributed by atoms with Crippen LogP contribution >= 0.6 is 0 Å². The molecular formula is C6H7CaKO6S. The van der Waals surface area contributed by atoms with Crippen LogP contribution in [0.1, 0.15) is 6.92 Å². The standard InChI is InChI=1S/C6H8O2.Ca.K.H2O4S/c1-2-3-4-5-6(7)8;;;1-5(2,3)4/h2-5H,1H3,(H,7,8);;;(H2,1,2,3,4)/q;+2;+1;/p-3/b3-2+,5-4+;;;. The first-order valence-corrected chi connectivity index (χ1v) is 4.27. The minimum atomic E-state index is -5.17. The molecule has 0 aromatic rings. The van der Waals surface area contributed by atoms with Gasteiger partial charge in [0, 0.05) is 10.4 Å². The zero-order valence-corrected chi connectivity index (χ0v) is 14.5. The number of carboxylic acids is 1. The van der Waals surface area contributed by atoms with Gasteiger partial charge in [-0.3, -0.25) is 8.42 Å². The molecule has 0 saturated heterocycles. The molecule has 0 atom stereocenters. The summed E-state index contributed by atoms with van der Waals surface area (Å²) in [7, 11) is -5.17. The van der Waals surface area contributed by atoms with Crippen LogP contribution in [0.5, 0.6) is 0 Å². The molecule has 0 bridgehead atoms. The Hall–Kier alpha value is 1.72. The van der Waals surface area contributed by atoms with Crippen molar-refractivity contribution < 1.29 is 78.8 Å². The van der Waals surface area contributed by atoms with Crippen molar-refractivity contribution in [1.82, 2.24) is 0 Å². The van der Waals surface area contributed by atoms with Crippen molar-refractivity contribution in [2.45, 2.75) is 6.92 Å². The first kappa shape index (κ1) is 25.5. The maximum absolute atomic E-state index is 9.64. The molecule has 0 fully saturated rings. The Labute approximate surface area is 161 Å². The third-order valence-corrected chi connectivity index (χ3v) is 0.536. The largest absolute Gasteiger partial charge is 2.00 e. The molecular weight excluding hydrogens is 279 g/mol. The van der Waals surface area contributed by atoms with Crippen molar-refractivity contribution in [2.75, 3.05) is 0 Å². The number of allylic oxidation sites excluding steroid dienone is 3. The first-order chi connectivity index (χ1) is 5.77. The fourth-order valence-electron chi connectivity index (χ4n) is 0.245. The molecule has 0 aromatic heterocycles. The van der Waals surface area contributed by atoms with Gasteiger partial charge in [-0.1, -0.05) is 18.2 Å². The van der Waals surface area contributed by atoms with Crippen molar-refractivity contribution in [3.63, 3.8) is 0 Å². The van der Waals surface area contributed by atoms with E-state index in [2.05, 4.69) is 0 Å². The van der Waals surface area contributed by atoms with Crippen molar-refractivity contribution in [3.05, 3.63) is 24.3 Å². The van der Waals surface area contributed by atoms with Crippen LogP contribution in [0, 0.1) is 0 Å². The Morgan fingerprint density at radius 3 is 1.73 bits per heavy atom. The van der Waals surface area contributed by atoms with Crippen LogP contribution in [0.15, 0.2) is 24.3 Å². The van der Waals surface area contributed by atoms with Crippen LogP contribution in [0.4, 0.5) is 0 Å². The van der Waals surface area contributed by atoms with E-state index in [9.17, 15) is 9.90 Å². The number of carboxylic acid groups (broad SMARTS) is 1. The average molecular weight is 286 g/mol. The average Bonchev–Trinajstić information content (AvgIpc) is 1.83. The van der Waals surface area contributed by atoms with E-state index in [1.165, 1.54) is 6.08 Å². The minimum Gasteiger partial charge on any atom is -0.759 e. The van der Waals surface area contributed by atoms with Gasteiger partial charge in [0.25, 0.3) is 0 Å². The predicted octanol–water partition coefficient (Wildman–Crippen LogP) is -4.85. The van der Waals surface area contributed by atoms with Gasteiger partial charge in [0.2, 0.25) is 0 Å². The van der Waals surface area contributed by atoms with Gasteiger partial charge >= 0.3 is 89.1 Å². The van der Waals surface area contributed by atoms with E-state index in [1.807, 2.05) is 0 Å². The van der Waals surface area contributed by atoms with Crippen LogP contribution in [0.3, 0.4) is 0 Å². The van der Waals surface area contributed by atoms with Gasteiger partial charge in [0.1, 0.15) is 0 Å². The molecule has 0 radical (unpaired) electrons. The van der Waals surface area contributed by atoms with E-state index in [4.69, 9.17) is 17.5 Å². The van der Waals surface area contributed by atoms with E-state index in [-0.39, 0.29) is 89.1 Å². The Bertz CT molecular complexity index is 289. The SMILES string of the molecule is C/C=C/C=C/C(=O)[O-].O=S(=O)([O-])[O-].[Ca+2].[K+]. The summed E-state index contributed by atoms with van der Waals surface area (Å²) in [4.78, 5) is 9.64. The van der Waals surface area contributed by atoms with Crippen LogP contribution in [-0.4, -0.2) is 61.2 Å². The molecule has 0 heterocycles. The molecule has 76 valence electrons. The Morgan fingerprint density at radius 1 is 1.20 bits per heavy atom. The van der Waals surface area contributed by atoms with Gasteiger partial charge in [0.15, 0.2) is 0 Å². The van der Waals surface area contributed by atoms with Gasteiger partial charge in [-0.15, -0.1) is 0 Å². The normalized spacial score (nSPS) is 9.80. The van der Waals surface area contributed by atoms with Crippen molar-refractivity contribution in [1.29, 1.82) is 0 Å². The van der Waals surface area contributed by atoms with E-state index < -0.39 is 16.4 Å². The number of hydrogen-bond donors (Lipinski definition) is 0. The minimum absolute atomic E-state index is 0. The van der Waals surface area contributed by atoms with Gasteiger partial charge < -0.3 is 19.0 Å². The van der Waals surface area contributed by atoms with Crippen LogP contribution in [0.25, 0.3) is 0 Å². The summed E-state index contributed by atoms with van der Waals surface area (Å²) in [5, 5.41) is 9.64. The number of hydrogen-bond acceptors (Lipinski definition) is 6.